The molecule has 0 saturated carbocycles. The molecule has 2 aliphatic heterocycles. The SMILES string of the molecule is COc1cccc(N2C(=O)C(=O)/C(=C(\O)c3ccc4c(c3)CCCO4)C2c2sccc2C)c1. The molecule has 0 aliphatic carbocycles. The second-order valence-corrected chi connectivity index (χ2v) is 9.06. The van der Waals surface area contributed by atoms with Crippen molar-refractivity contribution in [2.45, 2.75) is 25.8 Å². The van der Waals surface area contributed by atoms with Gasteiger partial charge in [0.1, 0.15) is 23.3 Å². The van der Waals surface area contributed by atoms with Crippen molar-refractivity contribution in [3.8, 4) is 11.5 Å². The molecule has 6 nitrogen and oxygen atoms in total. The third-order valence-corrected chi connectivity index (χ3v) is 7.18. The smallest absolute Gasteiger partial charge is 0.300 e. The van der Waals surface area contributed by atoms with Gasteiger partial charge in [-0.2, -0.15) is 0 Å². The van der Waals surface area contributed by atoms with E-state index in [-0.39, 0.29) is 11.3 Å². The summed E-state index contributed by atoms with van der Waals surface area (Å²) < 4.78 is 11.0. The molecule has 5 rings (SSSR count). The highest BCUT2D eigenvalue weighted by Gasteiger charge is 2.48. The molecular weight excluding hydrogens is 438 g/mol. The van der Waals surface area contributed by atoms with Gasteiger partial charge in [-0.3, -0.25) is 14.5 Å². The monoisotopic (exact) mass is 461 g/mol. The number of aliphatic hydroxyl groups excluding tert-OH is 1. The predicted molar refractivity (Wildman–Crippen MR) is 127 cm³/mol. The number of amides is 1. The van der Waals surface area contributed by atoms with Gasteiger partial charge in [0.05, 0.1) is 19.3 Å². The van der Waals surface area contributed by atoms with Crippen LogP contribution in [-0.2, 0) is 16.0 Å². The topological polar surface area (TPSA) is 76.1 Å². The molecule has 0 radical (unpaired) electrons. The summed E-state index contributed by atoms with van der Waals surface area (Å²) in [6, 6.07) is 13.6. The summed E-state index contributed by atoms with van der Waals surface area (Å²) in [7, 11) is 1.55. The van der Waals surface area contributed by atoms with Crippen LogP contribution < -0.4 is 14.4 Å². The van der Waals surface area contributed by atoms with Crippen molar-refractivity contribution in [1.29, 1.82) is 0 Å². The summed E-state index contributed by atoms with van der Waals surface area (Å²) in [5.74, 6) is -0.193. The lowest BCUT2D eigenvalue weighted by Crippen LogP contribution is -2.29. The molecular formula is C26H23NO5S. The van der Waals surface area contributed by atoms with Crippen LogP contribution in [0.15, 0.2) is 59.5 Å². The van der Waals surface area contributed by atoms with E-state index in [1.165, 1.54) is 16.2 Å². The number of anilines is 1. The Bertz CT molecular complexity index is 1290. The number of carbonyl (C=O) groups excluding carboxylic acids is 2. The fourth-order valence-corrected chi connectivity index (χ4v) is 5.46. The second-order valence-electron chi connectivity index (χ2n) is 8.11. The van der Waals surface area contributed by atoms with Gasteiger partial charge in [0.15, 0.2) is 0 Å². The molecule has 33 heavy (non-hydrogen) atoms. The lowest BCUT2D eigenvalue weighted by molar-refractivity contribution is -0.132. The molecule has 3 heterocycles. The zero-order valence-electron chi connectivity index (χ0n) is 18.3. The first-order valence-electron chi connectivity index (χ1n) is 10.7. The number of hydrogen-bond acceptors (Lipinski definition) is 6. The van der Waals surface area contributed by atoms with Crippen LogP contribution >= 0.6 is 11.3 Å². The first-order valence-corrected chi connectivity index (χ1v) is 11.6. The average Bonchev–Trinajstić information content (AvgIpc) is 3.38. The largest absolute Gasteiger partial charge is 0.507 e. The first-order chi connectivity index (χ1) is 16.0. The fourth-order valence-electron chi connectivity index (χ4n) is 4.43. The van der Waals surface area contributed by atoms with Crippen LogP contribution in [0.25, 0.3) is 5.76 Å². The Hall–Kier alpha value is -3.58. The summed E-state index contributed by atoms with van der Waals surface area (Å²) in [5, 5.41) is 13.3. The molecule has 1 N–H and O–H groups in total. The van der Waals surface area contributed by atoms with Crippen LogP contribution in [-0.4, -0.2) is 30.5 Å². The Labute approximate surface area is 195 Å². The van der Waals surface area contributed by atoms with Crippen LogP contribution in [0.3, 0.4) is 0 Å². The van der Waals surface area contributed by atoms with Crippen molar-refractivity contribution < 1.29 is 24.2 Å². The Morgan fingerprint density at radius 1 is 1.18 bits per heavy atom. The predicted octanol–water partition coefficient (Wildman–Crippen LogP) is 5.02. The summed E-state index contributed by atoms with van der Waals surface area (Å²) in [6.45, 7) is 2.61. The van der Waals surface area contributed by atoms with E-state index in [2.05, 4.69) is 0 Å². The minimum Gasteiger partial charge on any atom is -0.507 e. The number of methoxy groups -OCH3 is 1. The maximum absolute atomic E-state index is 13.3. The molecule has 0 bridgehead atoms. The quantitative estimate of drug-likeness (QED) is 0.336. The number of benzene rings is 2. The molecule has 2 aliphatic rings. The van der Waals surface area contributed by atoms with Crippen molar-refractivity contribution >= 4 is 34.5 Å². The maximum Gasteiger partial charge on any atom is 0.300 e. The number of hydrogen-bond donors (Lipinski definition) is 1. The minimum absolute atomic E-state index is 0.0880. The van der Waals surface area contributed by atoms with E-state index in [0.29, 0.717) is 23.6 Å². The summed E-state index contributed by atoms with van der Waals surface area (Å²) in [5.41, 5.74) is 3.06. The zero-order chi connectivity index (χ0) is 23.1. The average molecular weight is 462 g/mol. The Morgan fingerprint density at radius 3 is 2.79 bits per heavy atom. The van der Waals surface area contributed by atoms with E-state index in [1.807, 2.05) is 30.5 Å². The molecule has 1 unspecified atom stereocenters. The first kappa shape index (κ1) is 21.3. The second kappa shape index (κ2) is 8.41. The minimum atomic E-state index is -0.732. The third-order valence-electron chi connectivity index (χ3n) is 6.11. The van der Waals surface area contributed by atoms with Crippen molar-refractivity contribution in [2.75, 3.05) is 18.6 Å². The normalized spacial score (nSPS) is 19.3. The molecule has 1 saturated heterocycles. The van der Waals surface area contributed by atoms with Crippen LogP contribution in [0, 0.1) is 6.92 Å². The molecule has 3 aromatic rings. The van der Waals surface area contributed by atoms with Gasteiger partial charge in [-0.25, -0.2) is 0 Å². The molecule has 2 aromatic carbocycles. The fraction of sp³-hybridized carbons (Fsp3) is 0.231. The number of ether oxygens (including phenoxy) is 2. The summed E-state index contributed by atoms with van der Waals surface area (Å²) in [6.07, 6.45) is 1.73. The summed E-state index contributed by atoms with van der Waals surface area (Å²) in [4.78, 5) is 28.9. The van der Waals surface area contributed by atoms with Gasteiger partial charge in [0.2, 0.25) is 0 Å². The van der Waals surface area contributed by atoms with Crippen LogP contribution in [0.5, 0.6) is 11.5 Å². The van der Waals surface area contributed by atoms with Gasteiger partial charge in [0, 0.05) is 22.2 Å². The standard InChI is InChI=1S/C26H23NO5S/c1-15-10-12-33-25(15)22-21(23(28)17-8-9-20-16(13-17)5-4-11-32-20)24(29)26(30)27(22)18-6-3-7-19(14-18)31-2/h3,6-10,12-14,22,28H,4-5,11H2,1-2H3/b23-21-. The van der Waals surface area contributed by atoms with Crippen LogP contribution in [0.2, 0.25) is 0 Å². The van der Waals surface area contributed by atoms with E-state index in [1.54, 1.807) is 37.4 Å². The van der Waals surface area contributed by atoms with E-state index < -0.39 is 17.7 Å². The van der Waals surface area contributed by atoms with E-state index in [4.69, 9.17) is 9.47 Å². The highest BCUT2D eigenvalue weighted by molar-refractivity contribution is 7.10. The number of thiophene rings is 1. The van der Waals surface area contributed by atoms with Gasteiger partial charge >= 0.3 is 0 Å². The highest BCUT2D eigenvalue weighted by atomic mass is 32.1. The van der Waals surface area contributed by atoms with Crippen molar-refractivity contribution in [3.05, 3.63) is 81.1 Å². The molecule has 1 amide bonds. The van der Waals surface area contributed by atoms with Gasteiger partial charge < -0.3 is 14.6 Å². The Morgan fingerprint density at radius 2 is 2.03 bits per heavy atom. The van der Waals surface area contributed by atoms with E-state index in [9.17, 15) is 14.7 Å². The number of nitrogens with zero attached hydrogens (tertiary/aromatic N) is 1. The zero-order valence-corrected chi connectivity index (χ0v) is 19.1. The van der Waals surface area contributed by atoms with Gasteiger partial charge in [0.25, 0.3) is 11.7 Å². The molecule has 1 atom stereocenters. The van der Waals surface area contributed by atoms with Crippen molar-refractivity contribution in [3.63, 3.8) is 0 Å². The van der Waals surface area contributed by atoms with Crippen LogP contribution in [0.4, 0.5) is 5.69 Å². The Kier molecular flexibility index (Phi) is 5.42. The number of carbonyl (C=O) groups is 2. The number of fused-ring (bicyclic) bond motifs is 1. The van der Waals surface area contributed by atoms with E-state index >= 15 is 0 Å². The summed E-state index contributed by atoms with van der Waals surface area (Å²) >= 11 is 1.46. The van der Waals surface area contributed by atoms with Crippen molar-refractivity contribution in [1.82, 2.24) is 0 Å². The van der Waals surface area contributed by atoms with Crippen LogP contribution in [0.1, 0.15) is 34.0 Å². The third kappa shape index (κ3) is 3.58. The lowest BCUT2D eigenvalue weighted by atomic mass is 9.96. The number of aryl methyl sites for hydroxylation is 2. The number of aliphatic hydroxyl groups is 1. The molecule has 1 aromatic heterocycles. The van der Waals surface area contributed by atoms with Gasteiger partial charge in [-0.1, -0.05) is 6.07 Å². The highest BCUT2D eigenvalue weighted by Crippen LogP contribution is 2.45. The number of rotatable bonds is 4. The lowest BCUT2D eigenvalue weighted by Gasteiger charge is -2.25. The Balaban J connectivity index is 1.69. The van der Waals surface area contributed by atoms with Crippen molar-refractivity contribution in [2.24, 2.45) is 0 Å². The number of Topliss-reactive ketones (excluding diaryl/α,β-unsaturated/α-hetero) is 1. The molecule has 1 fully saturated rings. The maximum atomic E-state index is 13.3. The van der Waals surface area contributed by atoms with E-state index in [0.717, 1.165) is 34.6 Å². The number of ketones is 1. The van der Waals surface area contributed by atoms with Gasteiger partial charge in [-0.15, -0.1) is 11.3 Å². The molecule has 168 valence electrons. The van der Waals surface area contributed by atoms with Gasteiger partial charge in [-0.05, 0) is 72.7 Å². The molecule has 7 heteroatoms. The molecule has 0 spiro atoms.